The van der Waals surface area contributed by atoms with Crippen molar-refractivity contribution in [1.82, 2.24) is 4.90 Å². The summed E-state index contributed by atoms with van der Waals surface area (Å²) in [4.78, 5) is 28.2. The van der Waals surface area contributed by atoms with Crippen LogP contribution in [0.25, 0.3) is 10.4 Å². The number of hydrogen-bond acceptors (Lipinski definition) is 3. The summed E-state index contributed by atoms with van der Waals surface area (Å²) in [5.41, 5.74) is 7.48. The molecule has 1 aromatic heterocycles. The van der Waals surface area contributed by atoms with Gasteiger partial charge < -0.3 is 10.6 Å². The van der Waals surface area contributed by atoms with Gasteiger partial charge in [-0.05, 0) is 54.2 Å². The van der Waals surface area contributed by atoms with Gasteiger partial charge in [-0.3, -0.25) is 9.59 Å². The number of hydrogen-bond donors (Lipinski definition) is 1. The average molecular weight is 397 g/mol. The van der Waals surface area contributed by atoms with Gasteiger partial charge in [0.15, 0.2) is 0 Å². The Balaban J connectivity index is 1.43. The first-order valence-electron chi connectivity index (χ1n) is 10.3. The largest absolute Gasteiger partial charge is 0.369 e. The molecule has 28 heavy (non-hydrogen) atoms. The van der Waals surface area contributed by atoms with Crippen LogP contribution >= 0.6 is 11.3 Å². The minimum absolute atomic E-state index is 0.197. The van der Waals surface area contributed by atoms with Gasteiger partial charge in [-0.15, -0.1) is 11.3 Å². The van der Waals surface area contributed by atoms with Crippen molar-refractivity contribution >= 4 is 23.2 Å². The lowest BCUT2D eigenvalue weighted by atomic mass is 9.80. The van der Waals surface area contributed by atoms with Gasteiger partial charge in [-0.25, -0.2) is 0 Å². The van der Waals surface area contributed by atoms with Crippen molar-refractivity contribution in [2.75, 3.05) is 13.1 Å². The Kier molecular flexibility index (Phi) is 5.54. The van der Waals surface area contributed by atoms with Crippen LogP contribution in [0.2, 0.25) is 0 Å². The molecule has 148 valence electrons. The molecule has 4 nitrogen and oxygen atoms in total. The molecule has 0 radical (unpaired) electrons. The van der Waals surface area contributed by atoms with Gasteiger partial charge in [0.2, 0.25) is 11.8 Å². The normalized spacial score (nSPS) is 22.6. The van der Waals surface area contributed by atoms with E-state index < -0.39 is 5.41 Å². The standard InChI is InChI=1S/C23H28N2O2S/c24-22(27)23(11-12-25(16-23)21(26)14-17-4-1-2-5-17)15-18-7-9-19(10-8-18)20-6-3-13-28-20/h3,6-10,13,17H,1-2,4-5,11-12,14-16H2,(H2,24,27)/t23-/m0/s1. The molecule has 2 aromatic rings. The molecule has 1 aromatic carbocycles. The van der Waals surface area contributed by atoms with E-state index in [1.807, 2.05) is 11.0 Å². The van der Waals surface area contributed by atoms with Crippen molar-refractivity contribution in [3.05, 3.63) is 47.3 Å². The maximum Gasteiger partial charge on any atom is 0.225 e. The lowest BCUT2D eigenvalue weighted by Gasteiger charge is -2.26. The van der Waals surface area contributed by atoms with Crippen molar-refractivity contribution in [3.63, 3.8) is 0 Å². The van der Waals surface area contributed by atoms with Gasteiger partial charge in [-0.2, -0.15) is 0 Å². The summed E-state index contributed by atoms with van der Waals surface area (Å²) >= 11 is 1.72. The highest BCUT2D eigenvalue weighted by Crippen LogP contribution is 2.36. The molecule has 0 unspecified atom stereocenters. The van der Waals surface area contributed by atoms with Crippen LogP contribution in [0.15, 0.2) is 41.8 Å². The molecule has 2 heterocycles. The molecule has 1 aliphatic heterocycles. The molecule has 2 amide bonds. The van der Waals surface area contributed by atoms with E-state index in [1.165, 1.54) is 23.3 Å². The molecular formula is C23H28N2O2S. The third-order valence-electron chi connectivity index (χ3n) is 6.47. The van der Waals surface area contributed by atoms with Gasteiger partial charge in [0.05, 0.1) is 5.41 Å². The number of thiophene rings is 1. The van der Waals surface area contributed by atoms with Gasteiger partial charge in [0, 0.05) is 24.4 Å². The van der Waals surface area contributed by atoms with Crippen molar-refractivity contribution in [2.45, 2.75) is 44.9 Å². The number of nitrogens with two attached hydrogens (primary N) is 1. The monoisotopic (exact) mass is 396 g/mol. The summed E-state index contributed by atoms with van der Waals surface area (Å²) in [6.45, 7) is 1.10. The van der Waals surface area contributed by atoms with Crippen LogP contribution in [0.3, 0.4) is 0 Å². The average Bonchev–Trinajstić information content (AvgIpc) is 3.45. The summed E-state index contributed by atoms with van der Waals surface area (Å²) in [6.07, 6.45) is 6.69. The van der Waals surface area contributed by atoms with Crippen LogP contribution in [-0.2, 0) is 16.0 Å². The number of primary amides is 1. The summed E-state index contributed by atoms with van der Waals surface area (Å²) in [5.74, 6) is 0.440. The van der Waals surface area contributed by atoms with Crippen LogP contribution < -0.4 is 5.73 Å². The molecule has 2 N–H and O–H groups in total. The number of carbonyl (C=O) groups excluding carboxylic acids is 2. The summed E-state index contributed by atoms with van der Waals surface area (Å²) in [7, 11) is 0. The van der Waals surface area contributed by atoms with Crippen LogP contribution in [0.4, 0.5) is 0 Å². The first-order valence-corrected chi connectivity index (χ1v) is 11.1. The quantitative estimate of drug-likeness (QED) is 0.794. The fourth-order valence-electron chi connectivity index (χ4n) is 4.73. The fraction of sp³-hybridized carbons (Fsp3) is 0.478. The Labute approximate surface area is 170 Å². The fourth-order valence-corrected chi connectivity index (χ4v) is 5.46. The van der Waals surface area contributed by atoms with E-state index >= 15 is 0 Å². The van der Waals surface area contributed by atoms with Crippen LogP contribution in [-0.4, -0.2) is 29.8 Å². The Morgan fingerprint density at radius 1 is 1.14 bits per heavy atom. The minimum atomic E-state index is -0.643. The first kappa shape index (κ1) is 19.2. The zero-order valence-electron chi connectivity index (χ0n) is 16.2. The molecule has 0 spiro atoms. The Morgan fingerprint density at radius 2 is 1.89 bits per heavy atom. The predicted molar refractivity (Wildman–Crippen MR) is 113 cm³/mol. The molecule has 1 saturated carbocycles. The van der Waals surface area contributed by atoms with E-state index in [0.717, 1.165) is 18.4 Å². The maximum absolute atomic E-state index is 12.7. The molecule has 1 atom stereocenters. The summed E-state index contributed by atoms with van der Waals surface area (Å²) < 4.78 is 0. The van der Waals surface area contributed by atoms with E-state index in [1.54, 1.807) is 11.3 Å². The molecular weight excluding hydrogens is 368 g/mol. The number of likely N-dealkylation sites (tertiary alicyclic amines) is 1. The second-order valence-electron chi connectivity index (χ2n) is 8.42. The highest BCUT2D eigenvalue weighted by molar-refractivity contribution is 7.13. The van der Waals surface area contributed by atoms with E-state index in [0.29, 0.717) is 38.3 Å². The molecule has 4 rings (SSSR count). The van der Waals surface area contributed by atoms with Crippen molar-refractivity contribution in [3.8, 4) is 10.4 Å². The third kappa shape index (κ3) is 4.00. The molecule has 0 bridgehead atoms. The zero-order valence-corrected chi connectivity index (χ0v) is 17.0. The third-order valence-corrected chi connectivity index (χ3v) is 7.39. The molecule has 2 fully saturated rings. The Morgan fingerprint density at radius 3 is 2.54 bits per heavy atom. The van der Waals surface area contributed by atoms with E-state index in [2.05, 4.69) is 35.7 Å². The number of nitrogens with zero attached hydrogens (tertiary/aromatic N) is 1. The van der Waals surface area contributed by atoms with E-state index in [-0.39, 0.29) is 11.8 Å². The van der Waals surface area contributed by atoms with Crippen LogP contribution in [0.1, 0.15) is 44.1 Å². The number of benzene rings is 1. The summed E-state index contributed by atoms with van der Waals surface area (Å²) in [6, 6.07) is 12.5. The number of carbonyl (C=O) groups is 2. The van der Waals surface area contributed by atoms with Crippen molar-refractivity contribution in [1.29, 1.82) is 0 Å². The molecule has 2 aliphatic rings. The van der Waals surface area contributed by atoms with Crippen LogP contribution in [0, 0.1) is 11.3 Å². The van der Waals surface area contributed by atoms with E-state index in [4.69, 9.17) is 5.73 Å². The summed E-state index contributed by atoms with van der Waals surface area (Å²) in [5, 5.41) is 2.07. The molecule has 1 saturated heterocycles. The maximum atomic E-state index is 12.7. The van der Waals surface area contributed by atoms with Crippen LogP contribution in [0.5, 0.6) is 0 Å². The predicted octanol–water partition coefficient (Wildman–Crippen LogP) is 4.24. The number of rotatable bonds is 6. The lowest BCUT2D eigenvalue weighted by Crippen LogP contribution is -2.42. The zero-order chi connectivity index (χ0) is 19.6. The second kappa shape index (κ2) is 8.08. The lowest BCUT2D eigenvalue weighted by molar-refractivity contribution is -0.132. The second-order valence-corrected chi connectivity index (χ2v) is 9.36. The van der Waals surface area contributed by atoms with Gasteiger partial charge in [0.25, 0.3) is 0 Å². The van der Waals surface area contributed by atoms with Gasteiger partial charge in [-0.1, -0.05) is 43.2 Å². The smallest absolute Gasteiger partial charge is 0.225 e. The Hall–Kier alpha value is -2.14. The molecule has 5 heteroatoms. The van der Waals surface area contributed by atoms with Gasteiger partial charge >= 0.3 is 0 Å². The minimum Gasteiger partial charge on any atom is -0.369 e. The molecule has 1 aliphatic carbocycles. The Bertz CT molecular complexity index is 825. The highest BCUT2D eigenvalue weighted by atomic mass is 32.1. The SMILES string of the molecule is NC(=O)[C@]1(Cc2ccc(-c3cccs3)cc2)CCN(C(=O)CC2CCCC2)C1. The highest BCUT2D eigenvalue weighted by Gasteiger charge is 2.44. The van der Waals surface area contributed by atoms with Crippen molar-refractivity contribution in [2.24, 2.45) is 17.1 Å². The van der Waals surface area contributed by atoms with Gasteiger partial charge in [0.1, 0.15) is 0 Å². The first-order chi connectivity index (χ1) is 13.6. The van der Waals surface area contributed by atoms with E-state index in [9.17, 15) is 9.59 Å². The van der Waals surface area contributed by atoms with Crippen molar-refractivity contribution < 1.29 is 9.59 Å². The number of amides is 2. The topological polar surface area (TPSA) is 63.4 Å².